The smallest absolute Gasteiger partial charge is 0.273 e. The van der Waals surface area contributed by atoms with Crippen molar-refractivity contribution in [3.63, 3.8) is 0 Å². The minimum absolute atomic E-state index is 0.0631. The first-order valence-electron chi connectivity index (χ1n) is 5.90. The quantitative estimate of drug-likeness (QED) is 0.663. The second kappa shape index (κ2) is 6.00. The lowest BCUT2D eigenvalue weighted by Gasteiger charge is -2.10. The summed E-state index contributed by atoms with van der Waals surface area (Å²) in [4.78, 5) is 10.4. The van der Waals surface area contributed by atoms with Crippen LogP contribution in [-0.4, -0.2) is 4.92 Å². The normalized spacial score (nSPS) is 10.3. The number of nitro benzene ring substituents is 1. The number of nitrogens with zero attached hydrogens (tertiary/aromatic N) is 1. The molecule has 1 N–H and O–H groups in total. The molecule has 6 heteroatoms. The summed E-state index contributed by atoms with van der Waals surface area (Å²) in [6.07, 6.45) is 0. The summed E-state index contributed by atoms with van der Waals surface area (Å²) < 4.78 is 13.7. The zero-order valence-electron chi connectivity index (χ0n) is 10.7. The minimum atomic E-state index is -0.420. The van der Waals surface area contributed by atoms with Gasteiger partial charge in [-0.2, -0.15) is 0 Å². The van der Waals surface area contributed by atoms with Crippen LogP contribution in [0.1, 0.15) is 11.1 Å². The molecule has 2 aromatic rings. The van der Waals surface area contributed by atoms with Gasteiger partial charge in [-0.25, -0.2) is 4.39 Å². The summed E-state index contributed by atoms with van der Waals surface area (Å²) >= 11 is 3.30. The average Bonchev–Trinajstić information content (AvgIpc) is 2.39. The molecule has 0 radical (unpaired) electrons. The first-order valence-corrected chi connectivity index (χ1v) is 6.69. The molecule has 0 aliphatic heterocycles. The first kappa shape index (κ1) is 14.5. The molecule has 0 saturated heterocycles. The van der Waals surface area contributed by atoms with Crippen LogP contribution in [-0.2, 0) is 6.54 Å². The van der Waals surface area contributed by atoms with Crippen LogP contribution in [0.4, 0.5) is 15.8 Å². The molecule has 0 aromatic heterocycles. The third-order valence-corrected chi connectivity index (χ3v) is 3.51. The molecule has 20 heavy (non-hydrogen) atoms. The van der Waals surface area contributed by atoms with E-state index in [9.17, 15) is 14.5 Å². The molecule has 0 amide bonds. The number of rotatable bonds is 4. The summed E-state index contributed by atoms with van der Waals surface area (Å²) in [5.41, 5.74) is 2.17. The molecule has 0 bridgehead atoms. The van der Waals surface area contributed by atoms with E-state index in [1.54, 1.807) is 19.1 Å². The molecule has 0 fully saturated rings. The van der Waals surface area contributed by atoms with E-state index in [2.05, 4.69) is 21.2 Å². The van der Waals surface area contributed by atoms with Gasteiger partial charge in [-0.3, -0.25) is 10.1 Å². The molecular weight excluding hydrogens is 327 g/mol. The lowest BCUT2D eigenvalue weighted by Crippen LogP contribution is -2.02. The molecule has 0 unspecified atom stereocenters. The van der Waals surface area contributed by atoms with Crippen molar-refractivity contribution in [3.05, 3.63) is 67.9 Å². The second-order valence-corrected chi connectivity index (χ2v) is 5.21. The average molecular weight is 339 g/mol. The fourth-order valence-corrected chi connectivity index (χ4v) is 2.32. The van der Waals surface area contributed by atoms with Gasteiger partial charge >= 0.3 is 0 Å². The van der Waals surface area contributed by atoms with Crippen LogP contribution in [0.3, 0.4) is 0 Å². The topological polar surface area (TPSA) is 55.2 Å². The van der Waals surface area contributed by atoms with Crippen molar-refractivity contribution in [2.45, 2.75) is 13.5 Å². The van der Waals surface area contributed by atoms with E-state index in [1.807, 2.05) is 6.07 Å². The van der Waals surface area contributed by atoms with Crippen molar-refractivity contribution in [2.75, 3.05) is 5.32 Å². The maximum absolute atomic E-state index is 13.1. The van der Waals surface area contributed by atoms with Crippen molar-refractivity contribution in [2.24, 2.45) is 0 Å². The van der Waals surface area contributed by atoms with Crippen LogP contribution in [0, 0.1) is 22.9 Å². The first-order chi connectivity index (χ1) is 9.47. The molecule has 0 spiro atoms. The van der Waals surface area contributed by atoms with Crippen molar-refractivity contribution in [1.82, 2.24) is 0 Å². The molecule has 0 heterocycles. The molecule has 104 valence electrons. The minimum Gasteiger partial charge on any atom is -0.380 e. The van der Waals surface area contributed by atoms with Gasteiger partial charge in [0.25, 0.3) is 5.69 Å². The molecule has 0 aliphatic carbocycles. The van der Waals surface area contributed by atoms with Gasteiger partial charge < -0.3 is 5.32 Å². The van der Waals surface area contributed by atoms with E-state index in [-0.39, 0.29) is 11.5 Å². The molecule has 2 rings (SSSR count). The van der Waals surface area contributed by atoms with E-state index in [1.165, 1.54) is 18.2 Å². The largest absolute Gasteiger partial charge is 0.380 e. The Balaban J connectivity index is 2.18. The predicted octanol–water partition coefficient (Wildman–Crippen LogP) is 4.42. The number of aryl methyl sites for hydroxylation is 1. The third-order valence-electron chi connectivity index (χ3n) is 2.85. The SMILES string of the molecule is Cc1cc(NCc2cccc(F)c2)c(Br)cc1[N+](=O)[O-]. The highest BCUT2D eigenvalue weighted by Gasteiger charge is 2.13. The van der Waals surface area contributed by atoms with Crippen LogP contribution >= 0.6 is 15.9 Å². The zero-order chi connectivity index (χ0) is 14.7. The number of nitrogens with one attached hydrogen (secondary N) is 1. The third kappa shape index (κ3) is 3.33. The summed E-state index contributed by atoms with van der Waals surface area (Å²) in [5.74, 6) is -0.289. The Morgan fingerprint density at radius 1 is 1.35 bits per heavy atom. The Hall–Kier alpha value is -1.95. The summed E-state index contributed by atoms with van der Waals surface area (Å²) in [6.45, 7) is 2.12. The van der Waals surface area contributed by atoms with E-state index in [4.69, 9.17) is 0 Å². The number of hydrogen-bond acceptors (Lipinski definition) is 3. The molecule has 0 atom stereocenters. The Morgan fingerprint density at radius 2 is 2.10 bits per heavy atom. The highest BCUT2D eigenvalue weighted by molar-refractivity contribution is 9.10. The Morgan fingerprint density at radius 3 is 2.75 bits per heavy atom. The fourth-order valence-electron chi connectivity index (χ4n) is 1.85. The Bertz CT molecular complexity index is 662. The van der Waals surface area contributed by atoms with E-state index < -0.39 is 4.92 Å². The van der Waals surface area contributed by atoms with Gasteiger partial charge in [-0.15, -0.1) is 0 Å². The number of hydrogen-bond donors (Lipinski definition) is 1. The number of benzene rings is 2. The monoisotopic (exact) mass is 338 g/mol. The van der Waals surface area contributed by atoms with Gasteiger partial charge in [-0.1, -0.05) is 12.1 Å². The number of anilines is 1. The van der Waals surface area contributed by atoms with Gasteiger partial charge in [0, 0.05) is 28.3 Å². The van der Waals surface area contributed by atoms with Gasteiger partial charge in [0.05, 0.1) is 4.92 Å². The standard InChI is InChI=1S/C14H12BrFN2O2/c1-9-5-13(12(15)7-14(9)18(19)20)17-8-10-3-2-4-11(16)6-10/h2-7,17H,8H2,1H3. The van der Waals surface area contributed by atoms with Gasteiger partial charge in [-0.05, 0) is 46.6 Å². The van der Waals surface area contributed by atoms with E-state index >= 15 is 0 Å². The Labute approximate surface area is 123 Å². The highest BCUT2D eigenvalue weighted by atomic mass is 79.9. The molecule has 0 saturated carbocycles. The van der Waals surface area contributed by atoms with E-state index in [0.29, 0.717) is 16.6 Å². The lowest BCUT2D eigenvalue weighted by molar-refractivity contribution is -0.385. The molecule has 4 nitrogen and oxygen atoms in total. The molecule has 2 aromatic carbocycles. The van der Waals surface area contributed by atoms with Crippen molar-refractivity contribution in [1.29, 1.82) is 0 Å². The fraction of sp³-hybridized carbons (Fsp3) is 0.143. The molecular formula is C14H12BrFN2O2. The van der Waals surface area contributed by atoms with Crippen molar-refractivity contribution < 1.29 is 9.31 Å². The van der Waals surface area contributed by atoms with Gasteiger partial charge in [0.1, 0.15) is 5.82 Å². The number of halogens is 2. The van der Waals surface area contributed by atoms with Crippen LogP contribution < -0.4 is 5.32 Å². The maximum atomic E-state index is 13.1. The summed E-state index contributed by atoms with van der Waals surface area (Å²) in [7, 11) is 0. The second-order valence-electron chi connectivity index (χ2n) is 4.36. The van der Waals surface area contributed by atoms with Crippen LogP contribution in [0.2, 0.25) is 0 Å². The maximum Gasteiger partial charge on any atom is 0.273 e. The van der Waals surface area contributed by atoms with Crippen LogP contribution in [0.5, 0.6) is 0 Å². The molecule has 0 aliphatic rings. The van der Waals surface area contributed by atoms with Crippen LogP contribution in [0.25, 0.3) is 0 Å². The zero-order valence-corrected chi connectivity index (χ0v) is 12.3. The predicted molar refractivity (Wildman–Crippen MR) is 79.3 cm³/mol. The van der Waals surface area contributed by atoms with Crippen LogP contribution in [0.15, 0.2) is 40.9 Å². The number of nitro groups is 1. The van der Waals surface area contributed by atoms with E-state index in [0.717, 1.165) is 11.3 Å². The van der Waals surface area contributed by atoms with Crippen molar-refractivity contribution in [3.8, 4) is 0 Å². The Kier molecular flexibility index (Phi) is 4.34. The summed E-state index contributed by atoms with van der Waals surface area (Å²) in [5, 5.41) is 14.0. The highest BCUT2D eigenvalue weighted by Crippen LogP contribution is 2.30. The summed E-state index contributed by atoms with van der Waals surface area (Å²) in [6, 6.07) is 9.43. The van der Waals surface area contributed by atoms with Gasteiger partial charge in [0.2, 0.25) is 0 Å². The van der Waals surface area contributed by atoms with Gasteiger partial charge in [0.15, 0.2) is 0 Å². The lowest BCUT2D eigenvalue weighted by atomic mass is 10.1. The van der Waals surface area contributed by atoms with Crippen molar-refractivity contribution >= 4 is 27.3 Å².